The number of nitrogens with one attached hydrogen (secondary N) is 1. The zero-order valence-electron chi connectivity index (χ0n) is 16.7. The molecule has 1 aromatic heterocycles. The van der Waals surface area contributed by atoms with Gasteiger partial charge >= 0.3 is 12.3 Å². The lowest BCUT2D eigenvalue weighted by Crippen LogP contribution is -2.48. The summed E-state index contributed by atoms with van der Waals surface area (Å²) >= 11 is 0. The third kappa shape index (κ3) is 4.70. The molecule has 0 bridgehead atoms. The summed E-state index contributed by atoms with van der Waals surface area (Å²) in [5.74, 6) is -0.773. The van der Waals surface area contributed by atoms with Crippen LogP contribution in [0.25, 0.3) is 0 Å². The van der Waals surface area contributed by atoms with Gasteiger partial charge in [0, 0.05) is 43.2 Å². The average Bonchev–Trinajstić information content (AvgIpc) is 3.10. The van der Waals surface area contributed by atoms with Gasteiger partial charge in [-0.05, 0) is 43.7 Å². The molecule has 1 N–H and O–H groups in total. The number of halogens is 3. The number of aromatic nitrogens is 1. The van der Waals surface area contributed by atoms with E-state index < -0.39 is 18.2 Å². The van der Waals surface area contributed by atoms with Gasteiger partial charge < -0.3 is 15.0 Å². The normalized spacial score (nSPS) is 27.4. The minimum absolute atomic E-state index is 0.0680. The summed E-state index contributed by atoms with van der Waals surface area (Å²) < 4.78 is 43.3. The van der Waals surface area contributed by atoms with Gasteiger partial charge in [0.15, 0.2) is 0 Å². The fraction of sp³-hybridized carbons (Fsp3) is 0.667. The maximum absolute atomic E-state index is 12.8. The van der Waals surface area contributed by atoms with Crippen molar-refractivity contribution in [1.82, 2.24) is 15.2 Å². The summed E-state index contributed by atoms with van der Waals surface area (Å²) in [6.45, 7) is 1.60. The van der Waals surface area contributed by atoms with Crippen LogP contribution in [0, 0.1) is 5.92 Å². The number of cyclic esters (lactones) is 1. The zero-order chi connectivity index (χ0) is 21.3. The van der Waals surface area contributed by atoms with E-state index in [0.717, 1.165) is 11.3 Å². The maximum atomic E-state index is 12.8. The Morgan fingerprint density at radius 3 is 2.47 bits per heavy atom. The van der Waals surface area contributed by atoms with E-state index in [2.05, 4.69) is 10.3 Å². The van der Waals surface area contributed by atoms with Crippen molar-refractivity contribution >= 4 is 12.0 Å². The van der Waals surface area contributed by atoms with E-state index in [0.29, 0.717) is 45.4 Å². The topological polar surface area (TPSA) is 71.5 Å². The standard InChI is InChI=1S/C21H26F3N3O3/c22-21(23,24)16-4-1-13(2-5-16)18-7-3-14(9-25-18)15-10-27(11-15)19(28)8-6-17-12-30-20(29)26-17/h3,7,9,13,15-17H,1-2,4-6,8,10-12H2,(H,26,29)/t13-,16+,17-/m1/s1. The lowest BCUT2D eigenvalue weighted by atomic mass is 9.80. The highest BCUT2D eigenvalue weighted by molar-refractivity contribution is 5.77. The van der Waals surface area contributed by atoms with Gasteiger partial charge in [-0.15, -0.1) is 0 Å². The lowest BCUT2D eigenvalue weighted by molar-refractivity contribution is -0.182. The van der Waals surface area contributed by atoms with Crippen molar-refractivity contribution < 1.29 is 27.5 Å². The molecule has 30 heavy (non-hydrogen) atoms. The number of amides is 2. The van der Waals surface area contributed by atoms with Gasteiger partial charge in [0.05, 0.1) is 12.0 Å². The van der Waals surface area contributed by atoms with E-state index in [-0.39, 0.29) is 36.6 Å². The van der Waals surface area contributed by atoms with Crippen molar-refractivity contribution in [3.8, 4) is 0 Å². The van der Waals surface area contributed by atoms with Crippen LogP contribution in [0.1, 0.15) is 61.6 Å². The number of alkyl carbamates (subject to hydrolysis) is 1. The smallest absolute Gasteiger partial charge is 0.407 e. The summed E-state index contributed by atoms with van der Waals surface area (Å²) in [5, 5.41) is 2.66. The first kappa shape index (κ1) is 20.9. The Labute approximate surface area is 173 Å². The third-order valence-electron chi connectivity index (χ3n) is 6.57. The molecule has 1 saturated carbocycles. The number of likely N-dealkylation sites (tertiary alicyclic amines) is 1. The van der Waals surface area contributed by atoms with Crippen LogP contribution in [0.5, 0.6) is 0 Å². The number of carbonyl (C=O) groups is 2. The largest absolute Gasteiger partial charge is 0.447 e. The number of carbonyl (C=O) groups excluding carboxylic acids is 2. The number of alkyl halides is 3. The molecule has 3 fully saturated rings. The monoisotopic (exact) mass is 425 g/mol. The van der Waals surface area contributed by atoms with Gasteiger partial charge in [0.2, 0.25) is 5.91 Å². The Bertz CT molecular complexity index is 770. The summed E-state index contributed by atoms with van der Waals surface area (Å²) in [4.78, 5) is 29.6. The Balaban J connectivity index is 1.21. The maximum Gasteiger partial charge on any atom is 0.407 e. The number of hydrogen-bond acceptors (Lipinski definition) is 4. The highest BCUT2D eigenvalue weighted by Gasteiger charge is 2.41. The molecular formula is C21H26F3N3O3. The summed E-state index contributed by atoms with van der Waals surface area (Å²) in [6.07, 6.45) is -0.374. The number of pyridine rings is 1. The highest BCUT2D eigenvalue weighted by Crippen LogP contribution is 2.42. The molecule has 3 aliphatic rings. The number of rotatable bonds is 5. The van der Waals surface area contributed by atoms with Crippen LogP contribution in [-0.2, 0) is 9.53 Å². The molecule has 2 aliphatic heterocycles. The van der Waals surface area contributed by atoms with E-state index in [9.17, 15) is 22.8 Å². The van der Waals surface area contributed by atoms with E-state index in [1.165, 1.54) is 0 Å². The summed E-state index contributed by atoms with van der Waals surface area (Å²) in [7, 11) is 0. The predicted molar refractivity (Wildman–Crippen MR) is 102 cm³/mol. The molecule has 9 heteroatoms. The van der Waals surface area contributed by atoms with Gasteiger partial charge in [0.25, 0.3) is 0 Å². The lowest BCUT2D eigenvalue weighted by Gasteiger charge is -2.39. The minimum atomic E-state index is -4.09. The van der Waals surface area contributed by atoms with Crippen molar-refractivity contribution in [2.75, 3.05) is 19.7 Å². The fourth-order valence-corrected chi connectivity index (χ4v) is 4.55. The fourth-order valence-electron chi connectivity index (χ4n) is 4.55. The van der Waals surface area contributed by atoms with E-state index in [4.69, 9.17) is 4.74 Å². The van der Waals surface area contributed by atoms with E-state index >= 15 is 0 Å². The number of hydrogen-bond donors (Lipinski definition) is 1. The Morgan fingerprint density at radius 2 is 1.90 bits per heavy atom. The molecular weight excluding hydrogens is 399 g/mol. The molecule has 164 valence electrons. The molecule has 0 spiro atoms. The van der Waals surface area contributed by atoms with Crippen molar-refractivity contribution in [2.24, 2.45) is 5.92 Å². The molecule has 1 aliphatic carbocycles. The molecule has 0 radical (unpaired) electrons. The SMILES string of the molecule is O=C1N[C@H](CCC(=O)N2CC(c3ccc([C@H]4CC[C@@H](C(F)(F)F)CC4)nc3)C2)CO1. The second-order valence-corrected chi connectivity index (χ2v) is 8.58. The van der Waals surface area contributed by atoms with Gasteiger partial charge in [-0.3, -0.25) is 9.78 Å². The molecule has 4 rings (SSSR count). The van der Waals surface area contributed by atoms with E-state index in [1.54, 1.807) is 4.90 Å². The molecule has 6 nitrogen and oxygen atoms in total. The van der Waals surface area contributed by atoms with Crippen molar-refractivity contribution in [2.45, 2.75) is 62.6 Å². The van der Waals surface area contributed by atoms with Gasteiger partial charge in [0.1, 0.15) is 6.61 Å². The first-order chi connectivity index (χ1) is 14.3. The van der Waals surface area contributed by atoms with E-state index in [1.807, 2.05) is 18.3 Å². The Kier molecular flexibility index (Phi) is 5.88. The third-order valence-corrected chi connectivity index (χ3v) is 6.57. The van der Waals surface area contributed by atoms with Gasteiger partial charge in [-0.2, -0.15) is 13.2 Å². The summed E-state index contributed by atoms with van der Waals surface area (Å²) in [6, 6.07) is 3.83. The number of ether oxygens (including phenoxy) is 1. The highest BCUT2D eigenvalue weighted by atomic mass is 19.4. The van der Waals surface area contributed by atoms with Crippen LogP contribution in [0.2, 0.25) is 0 Å². The zero-order valence-corrected chi connectivity index (χ0v) is 16.7. The van der Waals surface area contributed by atoms with Gasteiger partial charge in [-0.25, -0.2) is 4.79 Å². The van der Waals surface area contributed by atoms with Crippen LogP contribution >= 0.6 is 0 Å². The second-order valence-electron chi connectivity index (χ2n) is 8.58. The van der Waals surface area contributed by atoms with Crippen LogP contribution < -0.4 is 5.32 Å². The second kappa shape index (κ2) is 8.43. The van der Waals surface area contributed by atoms with Crippen molar-refractivity contribution in [1.29, 1.82) is 0 Å². The van der Waals surface area contributed by atoms with Crippen LogP contribution in [0.3, 0.4) is 0 Å². The Morgan fingerprint density at radius 1 is 1.17 bits per heavy atom. The summed E-state index contributed by atoms with van der Waals surface area (Å²) in [5.41, 5.74) is 1.93. The molecule has 2 saturated heterocycles. The van der Waals surface area contributed by atoms with Gasteiger partial charge in [-0.1, -0.05) is 6.07 Å². The van der Waals surface area contributed by atoms with Crippen molar-refractivity contribution in [3.05, 3.63) is 29.6 Å². The van der Waals surface area contributed by atoms with Crippen LogP contribution in [0.4, 0.5) is 18.0 Å². The molecule has 0 aromatic carbocycles. The average molecular weight is 425 g/mol. The quantitative estimate of drug-likeness (QED) is 0.780. The number of nitrogens with zero attached hydrogens (tertiary/aromatic N) is 2. The molecule has 1 aromatic rings. The first-order valence-electron chi connectivity index (χ1n) is 10.5. The molecule has 0 unspecified atom stereocenters. The molecule has 1 atom stereocenters. The molecule has 3 heterocycles. The Hall–Kier alpha value is -2.32. The first-order valence-corrected chi connectivity index (χ1v) is 10.5. The minimum Gasteiger partial charge on any atom is -0.447 e. The molecule has 2 amide bonds. The predicted octanol–water partition coefficient (Wildman–Crippen LogP) is 3.73. The van der Waals surface area contributed by atoms with Crippen LogP contribution in [-0.4, -0.2) is 53.8 Å². The van der Waals surface area contributed by atoms with Crippen molar-refractivity contribution in [3.63, 3.8) is 0 Å². The van der Waals surface area contributed by atoms with Crippen LogP contribution in [0.15, 0.2) is 18.3 Å².